The summed E-state index contributed by atoms with van der Waals surface area (Å²) in [6.07, 6.45) is 0.972. The van der Waals surface area contributed by atoms with Gasteiger partial charge in [-0.25, -0.2) is 0 Å². The van der Waals surface area contributed by atoms with Crippen LogP contribution in [0.5, 0.6) is 5.75 Å². The highest BCUT2D eigenvalue weighted by Crippen LogP contribution is 2.38. The first kappa shape index (κ1) is 8.38. The smallest absolute Gasteiger partial charge is 0.147 e. The normalized spacial score (nSPS) is 19.7. The van der Waals surface area contributed by atoms with Gasteiger partial charge >= 0.3 is 0 Å². The summed E-state index contributed by atoms with van der Waals surface area (Å²) in [5, 5.41) is 0. The van der Waals surface area contributed by atoms with Crippen molar-refractivity contribution in [1.29, 1.82) is 0 Å². The van der Waals surface area contributed by atoms with Gasteiger partial charge in [-0.1, -0.05) is 13.0 Å². The topological polar surface area (TPSA) is 61.3 Å². The highest BCUT2D eigenvalue weighted by molar-refractivity contribution is 5.62. The van der Waals surface area contributed by atoms with Crippen molar-refractivity contribution in [3.05, 3.63) is 23.3 Å². The SMILES string of the molecule is CCc1ccc(N)c2c1[C@@H](N)CO2. The summed E-state index contributed by atoms with van der Waals surface area (Å²) in [6.45, 7) is 2.66. The maximum atomic E-state index is 5.91. The van der Waals surface area contributed by atoms with E-state index in [-0.39, 0.29) is 6.04 Å². The third-order valence-corrected chi connectivity index (χ3v) is 2.48. The molecule has 1 aromatic carbocycles. The van der Waals surface area contributed by atoms with E-state index in [0.29, 0.717) is 12.3 Å². The Morgan fingerprint density at radius 1 is 1.54 bits per heavy atom. The zero-order valence-electron chi connectivity index (χ0n) is 7.71. The average molecular weight is 178 g/mol. The third kappa shape index (κ3) is 1.16. The van der Waals surface area contributed by atoms with Crippen LogP contribution in [0.2, 0.25) is 0 Å². The molecule has 0 bridgehead atoms. The number of aryl methyl sites for hydroxylation is 1. The Morgan fingerprint density at radius 3 is 3.00 bits per heavy atom. The van der Waals surface area contributed by atoms with Crippen molar-refractivity contribution in [3.63, 3.8) is 0 Å². The summed E-state index contributed by atoms with van der Waals surface area (Å²) < 4.78 is 5.43. The first-order valence-electron chi connectivity index (χ1n) is 4.53. The van der Waals surface area contributed by atoms with Gasteiger partial charge in [0.2, 0.25) is 0 Å². The van der Waals surface area contributed by atoms with Crippen LogP contribution in [0.3, 0.4) is 0 Å². The number of ether oxygens (including phenoxy) is 1. The molecule has 3 nitrogen and oxygen atoms in total. The van der Waals surface area contributed by atoms with Gasteiger partial charge in [-0.3, -0.25) is 0 Å². The first-order valence-corrected chi connectivity index (χ1v) is 4.53. The molecule has 0 spiro atoms. The number of hydrogen-bond donors (Lipinski definition) is 2. The second kappa shape index (κ2) is 2.92. The minimum absolute atomic E-state index is 0.00606. The molecule has 0 amide bonds. The van der Waals surface area contributed by atoms with Gasteiger partial charge in [0.25, 0.3) is 0 Å². The number of anilines is 1. The highest BCUT2D eigenvalue weighted by Gasteiger charge is 2.25. The Morgan fingerprint density at radius 2 is 2.31 bits per heavy atom. The number of benzene rings is 1. The van der Waals surface area contributed by atoms with Crippen LogP contribution in [0.25, 0.3) is 0 Å². The molecule has 1 heterocycles. The van der Waals surface area contributed by atoms with Crippen LogP contribution in [0.4, 0.5) is 5.69 Å². The van der Waals surface area contributed by atoms with Crippen LogP contribution in [0.1, 0.15) is 24.1 Å². The molecule has 1 aromatic rings. The Balaban J connectivity index is 2.60. The van der Waals surface area contributed by atoms with Crippen LogP contribution < -0.4 is 16.2 Å². The molecule has 0 radical (unpaired) electrons. The molecule has 0 aromatic heterocycles. The van der Waals surface area contributed by atoms with Crippen molar-refractivity contribution >= 4 is 5.69 Å². The predicted molar refractivity (Wildman–Crippen MR) is 52.7 cm³/mol. The molecule has 1 aliphatic heterocycles. The van der Waals surface area contributed by atoms with Crippen molar-refractivity contribution < 1.29 is 4.74 Å². The van der Waals surface area contributed by atoms with Crippen LogP contribution in [0, 0.1) is 0 Å². The molecule has 0 aliphatic carbocycles. The van der Waals surface area contributed by atoms with E-state index in [9.17, 15) is 0 Å². The van der Waals surface area contributed by atoms with E-state index in [4.69, 9.17) is 16.2 Å². The van der Waals surface area contributed by atoms with Crippen LogP contribution in [-0.4, -0.2) is 6.61 Å². The van der Waals surface area contributed by atoms with Gasteiger partial charge in [-0.05, 0) is 18.1 Å². The maximum absolute atomic E-state index is 5.91. The van der Waals surface area contributed by atoms with Crippen molar-refractivity contribution in [1.82, 2.24) is 0 Å². The molecule has 70 valence electrons. The molecule has 0 fully saturated rings. The van der Waals surface area contributed by atoms with E-state index in [2.05, 4.69) is 6.92 Å². The summed E-state index contributed by atoms with van der Waals surface area (Å²) in [4.78, 5) is 0. The zero-order chi connectivity index (χ0) is 9.42. The third-order valence-electron chi connectivity index (χ3n) is 2.48. The van der Waals surface area contributed by atoms with E-state index in [1.165, 1.54) is 5.56 Å². The van der Waals surface area contributed by atoms with Crippen molar-refractivity contribution in [2.24, 2.45) is 5.73 Å². The standard InChI is InChI=1S/C10H14N2O/c1-2-6-3-4-7(11)10-9(6)8(12)5-13-10/h3-4,8H,2,5,11-12H2,1H3/t8-/m0/s1. The Labute approximate surface area is 77.7 Å². The summed E-state index contributed by atoms with van der Waals surface area (Å²) in [7, 11) is 0. The predicted octanol–water partition coefficient (Wildman–Crippen LogP) is 1.22. The zero-order valence-corrected chi connectivity index (χ0v) is 7.71. The minimum atomic E-state index is -0.00606. The summed E-state index contributed by atoms with van der Waals surface area (Å²) in [5.74, 6) is 0.798. The fourth-order valence-corrected chi connectivity index (χ4v) is 1.79. The molecule has 0 saturated carbocycles. The number of fused-ring (bicyclic) bond motifs is 1. The second-order valence-corrected chi connectivity index (χ2v) is 3.33. The lowest BCUT2D eigenvalue weighted by molar-refractivity contribution is 0.334. The quantitative estimate of drug-likeness (QED) is 0.636. The fraction of sp³-hybridized carbons (Fsp3) is 0.400. The van der Waals surface area contributed by atoms with E-state index in [0.717, 1.165) is 17.7 Å². The summed E-state index contributed by atoms with van der Waals surface area (Å²) >= 11 is 0. The molecule has 3 heteroatoms. The van der Waals surface area contributed by atoms with Gasteiger partial charge in [-0.15, -0.1) is 0 Å². The van der Waals surface area contributed by atoms with Gasteiger partial charge < -0.3 is 16.2 Å². The van der Waals surface area contributed by atoms with Gasteiger partial charge in [0.05, 0.1) is 11.7 Å². The molecule has 2 rings (SSSR count). The van der Waals surface area contributed by atoms with Crippen molar-refractivity contribution in [3.8, 4) is 5.75 Å². The largest absolute Gasteiger partial charge is 0.489 e. The minimum Gasteiger partial charge on any atom is -0.489 e. The number of nitrogen functional groups attached to an aromatic ring is 1. The summed E-state index contributed by atoms with van der Waals surface area (Å²) in [6, 6.07) is 3.91. The maximum Gasteiger partial charge on any atom is 0.147 e. The Bertz CT molecular complexity index is 336. The molecule has 1 aliphatic rings. The molecule has 0 unspecified atom stereocenters. The molecular formula is C10H14N2O. The van der Waals surface area contributed by atoms with E-state index >= 15 is 0 Å². The lowest BCUT2D eigenvalue weighted by atomic mass is 9.99. The van der Waals surface area contributed by atoms with Gasteiger partial charge in [0.1, 0.15) is 12.4 Å². The lowest BCUT2D eigenvalue weighted by Gasteiger charge is -2.08. The highest BCUT2D eigenvalue weighted by atomic mass is 16.5. The number of nitrogens with two attached hydrogens (primary N) is 2. The van der Waals surface area contributed by atoms with E-state index in [1.54, 1.807) is 0 Å². The Kier molecular flexibility index (Phi) is 1.88. The van der Waals surface area contributed by atoms with E-state index < -0.39 is 0 Å². The van der Waals surface area contributed by atoms with Crippen LogP contribution in [-0.2, 0) is 6.42 Å². The van der Waals surface area contributed by atoms with E-state index in [1.807, 2.05) is 12.1 Å². The summed E-state index contributed by atoms with van der Waals surface area (Å²) in [5.41, 5.74) is 14.7. The van der Waals surface area contributed by atoms with Gasteiger partial charge in [-0.2, -0.15) is 0 Å². The molecule has 0 saturated heterocycles. The molecule has 1 atom stereocenters. The number of rotatable bonds is 1. The van der Waals surface area contributed by atoms with Gasteiger partial charge in [0, 0.05) is 5.56 Å². The van der Waals surface area contributed by atoms with Crippen molar-refractivity contribution in [2.45, 2.75) is 19.4 Å². The lowest BCUT2D eigenvalue weighted by Crippen LogP contribution is -2.12. The Hall–Kier alpha value is -1.22. The molecular weight excluding hydrogens is 164 g/mol. The fourth-order valence-electron chi connectivity index (χ4n) is 1.79. The molecule has 13 heavy (non-hydrogen) atoms. The van der Waals surface area contributed by atoms with Crippen molar-refractivity contribution in [2.75, 3.05) is 12.3 Å². The average Bonchev–Trinajstić information content (AvgIpc) is 2.51. The molecule has 4 N–H and O–H groups in total. The van der Waals surface area contributed by atoms with Gasteiger partial charge in [0.15, 0.2) is 0 Å². The van der Waals surface area contributed by atoms with Crippen LogP contribution >= 0.6 is 0 Å². The monoisotopic (exact) mass is 178 g/mol. The second-order valence-electron chi connectivity index (χ2n) is 3.33. The first-order chi connectivity index (χ1) is 6.24. The number of hydrogen-bond acceptors (Lipinski definition) is 3. The van der Waals surface area contributed by atoms with Crippen LogP contribution in [0.15, 0.2) is 12.1 Å².